The third kappa shape index (κ3) is 3.78. The first-order valence-corrected chi connectivity index (χ1v) is 9.05. The topological polar surface area (TPSA) is 78.3 Å². The van der Waals surface area contributed by atoms with Crippen LogP contribution in [0.1, 0.15) is 28.9 Å². The number of benzene rings is 1. The summed E-state index contributed by atoms with van der Waals surface area (Å²) in [6.07, 6.45) is 3.83. The van der Waals surface area contributed by atoms with E-state index >= 15 is 0 Å². The Morgan fingerprint density at radius 1 is 1.41 bits per heavy atom. The van der Waals surface area contributed by atoms with Gasteiger partial charge < -0.3 is 14.8 Å². The van der Waals surface area contributed by atoms with E-state index in [-0.39, 0.29) is 12.0 Å². The van der Waals surface area contributed by atoms with Crippen LogP contribution in [0.2, 0.25) is 0 Å². The molecule has 3 heterocycles. The molecule has 1 N–H and O–H groups in total. The molecule has 0 saturated carbocycles. The fraction of sp³-hybridized carbons (Fsp3) is 0.350. The Morgan fingerprint density at radius 3 is 3.11 bits per heavy atom. The summed E-state index contributed by atoms with van der Waals surface area (Å²) in [6, 6.07) is 9.19. The molecular weight excluding hydrogens is 344 g/mol. The number of nitrogens with one attached hydrogen (secondary N) is 1. The lowest BCUT2D eigenvalue weighted by Crippen LogP contribution is -2.16. The number of fused-ring (bicyclic) bond motifs is 1. The standard InChI is InChI=1S/C20H22N4O3/c1-13-18-9-14(11-21-19(18)24(2)23-13)20(25)22-15-5-3-6-16(10-15)27-12-17-7-4-8-26-17/h3,5-6,9-11,17H,4,7-8,12H2,1-2H3,(H,22,25)/t17-/m0/s1. The minimum atomic E-state index is -0.219. The SMILES string of the molecule is Cc1nn(C)c2ncc(C(=O)Nc3cccc(OC[C@@H]4CCCO4)c3)cc12. The van der Waals surface area contributed by atoms with E-state index in [0.717, 1.165) is 36.2 Å². The van der Waals surface area contributed by atoms with Gasteiger partial charge in [0.05, 0.1) is 17.4 Å². The number of carbonyl (C=O) groups is 1. The summed E-state index contributed by atoms with van der Waals surface area (Å²) in [5, 5.41) is 8.11. The summed E-state index contributed by atoms with van der Waals surface area (Å²) < 4.78 is 13.1. The average molecular weight is 366 g/mol. The molecule has 27 heavy (non-hydrogen) atoms. The fourth-order valence-corrected chi connectivity index (χ4v) is 3.26. The number of amides is 1. The van der Waals surface area contributed by atoms with Crippen molar-refractivity contribution in [1.29, 1.82) is 0 Å². The van der Waals surface area contributed by atoms with Crippen molar-refractivity contribution in [2.75, 3.05) is 18.5 Å². The number of pyridine rings is 1. The van der Waals surface area contributed by atoms with Gasteiger partial charge in [-0.1, -0.05) is 6.07 Å². The van der Waals surface area contributed by atoms with E-state index in [1.54, 1.807) is 10.9 Å². The lowest BCUT2D eigenvalue weighted by molar-refractivity contribution is 0.0680. The number of carbonyl (C=O) groups excluding carboxylic acids is 1. The summed E-state index contributed by atoms with van der Waals surface area (Å²) in [4.78, 5) is 17.0. The third-order valence-electron chi connectivity index (χ3n) is 4.68. The van der Waals surface area contributed by atoms with Crippen LogP contribution >= 0.6 is 0 Å². The second-order valence-electron chi connectivity index (χ2n) is 6.73. The molecule has 3 aromatic rings. The number of anilines is 1. The van der Waals surface area contributed by atoms with Crippen molar-refractivity contribution in [3.8, 4) is 5.75 Å². The first kappa shape index (κ1) is 17.5. The Kier molecular flexibility index (Phi) is 4.77. The van der Waals surface area contributed by atoms with E-state index in [1.807, 2.05) is 44.3 Å². The molecule has 0 unspecified atom stereocenters. The molecule has 140 valence electrons. The first-order valence-electron chi connectivity index (χ1n) is 9.05. The van der Waals surface area contributed by atoms with Gasteiger partial charge in [0.25, 0.3) is 5.91 Å². The molecular formula is C20H22N4O3. The summed E-state index contributed by atoms with van der Waals surface area (Å²) in [6.45, 7) is 3.23. The summed E-state index contributed by atoms with van der Waals surface area (Å²) in [5.41, 5.74) is 2.77. The van der Waals surface area contributed by atoms with Gasteiger partial charge in [0.1, 0.15) is 12.4 Å². The van der Waals surface area contributed by atoms with Gasteiger partial charge in [0.2, 0.25) is 0 Å². The van der Waals surface area contributed by atoms with Crippen molar-refractivity contribution in [3.63, 3.8) is 0 Å². The molecule has 1 atom stereocenters. The van der Waals surface area contributed by atoms with E-state index in [1.165, 1.54) is 0 Å². The highest BCUT2D eigenvalue weighted by molar-refractivity contribution is 6.05. The average Bonchev–Trinajstić information content (AvgIpc) is 3.28. The van der Waals surface area contributed by atoms with Crippen molar-refractivity contribution < 1.29 is 14.3 Å². The van der Waals surface area contributed by atoms with E-state index < -0.39 is 0 Å². The first-order chi connectivity index (χ1) is 13.1. The molecule has 0 aliphatic carbocycles. The van der Waals surface area contributed by atoms with Crippen molar-refractivity contribution >= 4 is 22.6 Å². The highest BCUT2D eigenvalue weighted by Crippen LogP contribution is 2.21. The molecule has 0 bridgehead atoms. The minimum Gasteiger partial charge on any atom is -0.491 e. The monoisotopic (exact) mass is 366 g/mol. The number of aryl methyl sites for hydroxylation is 2. The number of rotatable bonds is 5. The van der Waals surface area contributed by atoms with Crippen LogP contribution in [-0.4, -0.2) is 40.0 Å². The quantitative estimate of drug-likeness (QED) is 0.751. The second kappa shape index (κ2) is 7.36. The molecule has 1 aromatic carbocycles. The van der Waals surface area contributed by atoms with Gasteiger partial charge in [-0.25, -0.2) is 4.98 Å². The van der Waals surface area contributed by atoms with Crippen molar-refractivity contribution in [2.45, 2.75) is 25.9 Å². The number of aromatic nitrogens is 3. The largest absolute Gasteiger partial charge is 0.491 e. The molecule has 1 amide bonds. The fourth-order valence-electron chi connectivity index (χ4n) is 3.26. The van der Waals surface area contributed by atoms with Crippen LogP contribution in [0.15, 0.2) is 36.5 Å². The van der Waals surface area contributed by atoms with Crippen LogP contribution in [0, 0.1) is 6.92 Å². The predicted molar refractivity (Wildman–Crippen MR) is 102 cm³/mol. The van der Waals surface area contributed by atoms with Gasteiger partial charge in [0, 0.05) is 37.0 Å². The van der Waals surface area contributed by atoms with Gasteiger partial charge in [-0.05, 0) is 38.0 Å². The molecule has 7 nitrogen and oxygen atoms in total. The summed E-state index contributed by atoms with van der Waals surface area (Å²) >= 11 is 0. The zero-order valence-corrected chi connectivity index (χ0v) is 15.4. The number of nitrogens with zero attached hydrogens (tertiary/aromatic N) is 3. The maximum absolute atomic E-state index is 12.6. The molecule has 4 rings (SSSR count). The van der Waals surface area contributed by atoms with Crippen LogP contribution < -0.4 is 10.1 Å². The highest BCUT2D eigenvalue weighted by atomic mass is 16.5. The lowest BCUT2D eigenvalue weighted by atomic mass is 10.2. The molecule has 0 radical (unpaired) electrons. The van der Waals surface area contributed by atoms with Crippen LogP contribution in [0.5, 0.6) is 5.75 Å². The molecule has 2 aromatic heterocycles. The highest BCUT2D eigenvalue weighted by Gasteiger charge is 2.16. The summed E-state index contributed by atoms with van der Waals surface area (Å²) in [5.74, 6) is 0.490. The molecule has 0 spiro atoms. The van der Waals surface area contributed by atoms with Gasteiger partial charge in [-0.3, -0.25) is 9.48 Å². The zero-order chi connectivity index (χ0) is 18.8. The Labute approximate surface area is 157 Å². The Morgan fingerprint density at radius 2 is 2.30 bits per heavy atom. The van der Waals surface area contributed by atoms with Crippen LogP contribution in [0.3, 0.4) is 0 Å². The van der Waals surface area contributed by atoms with E-state index in [0.29, 0.717) is 23.6 Å². The van der Waals surface area contributed by atoms with Gasteiger partial charge in [0.15, 0.2) is 5.65 Å². The van der Waals surface area contributed by atoms with Crippen LogP contribution in [0.25, 0.3) is 11.0 Å². The molecule has 7 heteroatoms. The van der Waals surface area contributed by atoms with Crippen molar-refractivity contribution in [1.82, 2.24) is 14.8 Å². The van der Waals surface area contributed by atoms with Crippen molar-refractivity contribution in [3.05, 3.63) is 47.8 Å². The number of ether oxygens (including phenoxy) is 2. The lowest BCUT2D eigenvalue weighted by Gasteiger charge is -2.12. The minimum absolute atomic E-state index is 0.156. The van der Waals surface area contributed by atoms with E-state index in [4.69, 9.17) is 9.47 Å². The number of hydrogen-bond donors (Lipinski definition) is 1. The zero-order valence-electron chi connectivity index (χ0n) is 15.4. The second-order valence-corrected chi connectivity index (χ2v) is 6.73. The van der Waals surface area contributed by atoms with Gasteiger partial charge in [-0.2, -0.15) is 5.10 Å². The Bertz CT molecular complexity index is 977. The van der Waals surface area contributed by atoms with E-state index in [2.05, 4.69) is 15.4 Å². The van der Waals surface area contributed by atoms with Gasteiger partial charge in [-0.15, -0.1) is 0 Å². The normalized spacial score (nSPS) is 16.6. The van der Waals surface area contributed by atoms with Crippen molar-refractivity contribution in [2.24, 2.45) is 7.05 Å². The Balaban J connectivity index is 1.46. The molecule has 1 aliphatic heterocycles. The molecule has 1 saturated heterocycles. The van der Waals surface area contributed by atoms with E-state index in [9.17, 15) is 4.79 Å². The smallest absolute Gasteiger partial charge is 0.257 e. The predicted octanol–water partition coefficient (Wildman–Crippen LogP) is 3.09. The van der Waals surface area contributed by atoms with Crippen LogP contribution in [-0.2, 0) is 11.8 Å². The molecule has 1 aliphatic rings. The maximum Gasteiger partial charge on any atom is 0.257 e. The molecule has 1 fully saturated rings. The Hall–Kier alpha value is -2.93. The third-order valence-corrected chi connectivity index (χ3v) is 4.68. The van der Waals surface area contributed by atoms with Crippen LogP contribution in [0.4, 0.5) is 5.69 Å². The maximum atomic E-state index is 12.6. The van der Waals surface area contributed by atoms with Gasteiger partial charge >= 0.3 is 0 Å². The summed E-state index contributed by atoms with van der Waals surface area (Å²) in [7, 11) is 1.84. The number of hydrogen-bond acceptors (Lipinski definition) is 5.